The van der Waals surface area contributed by atoms with Crippen molar-refractivity contribution in [3.05, 3.63) is 137 Å². The molecule has 90 heavy (non-hydrogen) atoms. The van der Waals surface area contributed by atoms with Gasteiger partial charge < -0.3 is 61.7 Å². The fourth-order valence-corrected chi connectivity index (χ4v) is 12.1. The van der Waals surface area contributed by atoms with E-state index in [1.54, 1.807) is 38.1 Å². The van der Waals surface area contributed by atoms with Crippen molar-refractivity contribution in [1.29, 1.82) is 0 Å². The molecule has 9 amide bonds. The molecule has 478 valence electrons. The fraction of sp³-hybridized carbons (Fsp3) is 0.439. The van der Waals surface area contributed by atoms with Gasteiger partial charge in [0, 0.05) is 92.4 Å². The summed E-state index contributed by atoms with van der Waals surface area (Å²) in [6, 6.07) is 13.9. The van der Waals surface area contributed by atoms with Crippen LogP contribution >= 0.6 is 0 Å². The summed E-state index contributed by atoms with van der Waals surface area (Å²) in [5.41, 5.74) is 2.84. The fourth-order valence-electron chi connectivity index (χ4n) is 12.1. The molecule has 2 bridgehead atoms. The molecule has 9 N–H and O–H groups in total. The van der Waals surface area contributed by atoms with Crippen LogP contribution in [0.2, 0.25) is 0 Å². The maximum atomic E-state index is 16.0. The van der Waals surface area contributed by atoms with E-state index in [0.717, 1.165) is 16.0 Å². The molecule has 2 fully saturated rings. The van der Waals surface area contributed by atoms with Crippen molar-refractivity contribution in [3.63, 3.8) is 0 Å². The number of nitrogens with zero attached hydrogens (tertiary/aromatic N) is 2. The van der Waals surface area contributed by atoms with Crippen LogP contribution in [0.15, 0.2) is 97.3 Å². The molecule has 1 unspecified atom stereocenters. The summed E-state index contributed by atoms with van der Waals surface area (Å²) >= 11 is 0. The van der Waals surface area contributed by atoms with E-state index in [0.29, 0.717) is 82.8 Å². The molecule has 2 saturated heterocycles. The van der Waals surface area contributed by atoms with Gasteiger partial charge in [0.1, 0.15) is 65.3 Å². The number of ether oxygens (including phenoxy) is 1. The summed E-state index contributed by atoms with van der Waals surface area (Å²) < 4.78 is 51.0. The van der Waals surface area contributed by atoms with Crippen LogP contribution in [-0.4, -0.2) is 148 Å². The van der Waals surface area contributed by atoms with E-state index in [1.165, 1.54) is 67.7 Å². The quantitative estimate of drug-likeness (QED) is 0.0912. The Morgan fingerprint density at radius 2 is 1.18 bits per heavy atom. The van der Waals surface area contributed by atoms with Crippen LogP contribution in [0.25, 0.3) is 21.8 Å². The maximum Gasteiger partial charge on any atom is 0.246 e. The van der Waals surface area contributed by atoms with Crippen molar-refractivity contribution in [2.75, 3.05) is 26.7 Å². The molecule has 0 spiro atoms. The van der Waals surface area contributed by atoms with Crippen molar-refractivity contribution in [3.8, 4) is 5.75 Å². The number of halogens is 3. The average Bonchev–Trinajstić information content (AvgIpc) is 2.53. The molecule has 8 atom stereocenters. The Balaban J connectivity index is 1.01. The van der Waals surface area contributed by atoms with Crippen LogP contribution in [0.4, 0.5) is 13.2 Å². The van der Waals surface area contributed by atoms with Gasteiger partial charge in [0.05, 0.1) is 13.7 Å². The van der Waals surface area contributed by atoms with E-state index in [-0.39, 0.29) is 70.0 Å². The molecule has 4 aliphatic heterocycles. The molecule has 6 aromatic rings. The van der Waals surface area contributed by atoms with Gasteiger partial charge in [0.25, 0.3) is 0 Å². The third kappa shape index (κ3) is 16.0. The minimum atomic E-state index is -1.76. The van der Waals surface area contributed by atoms with Crippen LogP contribution in [-0.2, 0) is 75.4 Å². The lowest BCUT2D eigenvalue weighted by atomic mass is 9.95. The topological polar surface area (TPSA) is 285 Å². The summed E-state index contributed by atoms with van der Waals surface area (Å²) in [5.74, 6) is -6.58. The minimum Gasteiger partial charge on any atom is -0.497 e. The summed E-state index contributed by atoms with van der Waals surface area (Å²) in [6.45, 7) is 4.84. The van der Waals surface area contributed by atoms with Crippen LogP contribution < -0.4 is 42.0 Å². The molecule has 4 aliphatic rings. The Hall–Kier alpha value is -9.22. The van der Waals surface area contributed by atoms with Crippen LogP contribution in [0, 0.1) is 11.6 Å². The zero-order valence-electron chi connectivity index (χ0n) is 50.9. The Labute approximate surface area is 519 Å². The highest BCUT2D eigenvalue weighted by Crippen LogP contribution is 2.32. The Kier molecular flexibility index (Phi) is 21.3. The number of hydrogen-bond acceptors (Lipinski definition) is 10. The van der Waals surface area contributed by atoms with Gasteiger partial charge in [-0.05, 0) is 129 Å². The first kappa shape index (κ1) is 65.2. The van der Waals surface area contributed by atoms with Gasteiger partial charge in [-0.15, -0.1) is 0 Å². The minimum absolute atomic E-state index is 0.0203. The number of carbonyl (C=O) groups is 9. The predicted molar refractivity (Wildman–Crippen MR) is 329 cm³/mol. The van der Waals surface area contributed by atoms with Crippen LogP contribution in [0.5, 0.6) is 5.75 Å². The molecule has 0 radical (unpaired) electrons. The second kappa shape index (κ2) is 29.4. The molecule has 2 aromatic heterocycles. The number of H-pyrrole nitrogens is 2. The number of carbonyl (C=O) groups excluding carboxylic acids is 9. The molecule has 21 nitrogen and oxygen atoms in total. The second-order valence-electron chi connectivity index (χ2n) is 23.8. The number of benzene rings is 4. The number of methoxy groups -OCH3 is 1. The number of aromatic nitrogens is 2. The van der Waals surface area contributed by atoms with E-state index in [2.05, 4.69) is 47.2 Å². The van der Waals surface area contributed by atoms with Crippen LogP contribution in [0.1, 0.15) is 106 Å². The summed E-state index contributed by atoms with van der Waals surface area (Å²) in [6.07, 6.45) is 3.03. The van der Waals surface area contributed by atoms with Crippen LogP contribution in [0.3, 0.4) is 0 Å². The number of alkyl halides is 1. The standard InChI is InChI=1S/C66H78F3N11O10/c1-5-50-60(84)77-54(28-40-16-20-47(90-4)21-17-40)64(88)80-27-9-25-66(80,3)65(89)70-26-24-39-12-14-41(15-13-39)34-73-57(81)10-7-6-8-11-58(82)74-38(2)59(83)76-53(29-42-35-71-51-22-18-44(67)31-48(42)51)61(85)78-55(30-43-36-72-52-23-19-45(68)32-49(43)52)63(87)79-37-46(69)33-56(79)62(86)75-50/h12-23,31-32,35-36,38,46,50,53-56,71-72H,5-11,24-30,33-34,37H2,1-4H3,(H,70,89)(H,73,81)(H,74,82)(H,75,86)(H,76,83)(H,77,84)(H,78,85)/t38-,46+,50?,53+,54+,55+,56+,66+/m1/s1. The first-order valence-electron chi connectivity index (χ1n) is 30.7. The highest BCUT2D eigenvalue weighted by atomic mass is 19.1. The number of amides is 9. The molecule has 10 rings (SSSR count). The maximum absolute atomic E-state index is 16.0. The molecule has 4 aromatic carbocycles. The highest BCUT2D eigenvalue weighted by Gasteiger charge is 2.48. The Morgan fingerprint density at radius 3 is 1.81 bits per heavy atom. The molecular formula is C66H78F3N11O10. The van der Waals surface area contributed by atoms with Crippen molar-refractivity contribution in [2.45, 2.75) is 159 Å². The SMILES string of the molecule is CCC1NC(=O)[C@@H]2C[C@H](F)CN2C(=O)[C@H](Cc2c[nH]c3ccc(F)cc23)NC(=O)[C@H](Cc2c[nH]c3ccc(F)cc23)NC(=O)[C@@H](C)NC(=O)CCCCCC(=O)NCc2ccc(cc2)CCNC(=O)[C@]2(C)CCCN2C(=O)[C@H](Cc2ccc(OC)cc2)NC1=O. The van der Waals surface area contributed by atoms with E-state index >= 15 is 9.18 Å². The second-order valence-corrected chi connectivity index (χ2v) is 23.8. The zero-order valence-corrected chi connectivity index (χ0v) is 50.9. The zero-order chi connectivity index (χ0) is 64.2. The van der Waals surface area contributed by atoms with Crippen molar-refractivity contribution >= 4 is 75.0 Å². The number of aromatic amines is 2. The number of fused-ring (bicyclic) bond motifs is 30. The number of hydrogen-bond donors (Lipinski definition) is 9. The first-order chi connectivity index (χ1) is 43.2. The molecular weight excluding hydrogens is 1160 g/mol. The normalized spacial score (nSPS) is 24.7. The van der Waals surface area contributed by atoms with Gasteiger partial charge in [0.15, 0.2) is 0 Å². The first-order valence-corrected chi connectivity index (χ1v) is 30.7. The summed E-state index contributed by atoms with van der Waals surface area (Å²) in [5, 5.41) is 20.3. The Bertz CT molecular complexity index is 3620. The largest absolute Gasteiger partial charge is 0.497 e. The van der Waals surface area contributed by atoms with Gasteiger partial charge in [0.2, 0.25) is 53.2 Å². The van der Waals surface area contributed by atoms with E-state index in [1.807, 2.05) is 24.3 Å². The van der Waals surface area contributed by atoms with Gasteiger partial charge in [-0.3, -0.25) is 43.2 Å². The monoisotopic (exact) mass is 1240 g/mol. The number of rotatable bonds is 8. The molecule has 6 heterocycles. The molecule has 24 heteroatoms. The summed E-state index contributed by atoms with van der Waals surface area (Å²) in [7, 11) is 1.51. The highest BCUT2D eigenvalue weighted by molar-refractivity contribution is 5.99. The van der Waals surface area contributed by atoms with E-state index < -0.39 is 114 Å². The van der Waals surface area contributed by atoms with E-state index in [4.69, 9.17) is 4.74 Å². The van der Waals surface area contributed by atoms with E-state index in [9.17, 15) is 47.1 Å². The molecule has 0 saturated carbocycles. The van der Waals surface area contributed by atoms with Crippen molar-refractivity contribution < 1.29 is 61.1 Å². The molecule has 0 aliphatic carbocycles. The van der Waals surface area contributed by atoms with Crippen molar-refractivity contribution in [2.24, 2.45) is 0 Å². The van der Waals surface area contributed by atoms with Gasteiger partial charge in [-0.2, -0.15) is 0 Å². The predicted octanol–water partition coefficient (Wildman–Crippen LogP) is 5.08. The lowest BCUT2D eigenvalue weighted by Gasteiger charge is -2.36. The average molecular weight is 1240 g/mol. The van der Waals surface area contributed by atoms with Gasteiger partial charge >= 0.3 is 0 Å². The van der Waals surface area contributed by atoms with Crippen molar-refractivity contribution in [1.82, 2.24) is 57.0 Å². The third-order valence-corrected chi connectivity index (χ3v) is 17.3. The van der Waals surface area contributed by atoms with Gasteiger partial charge in [-0.1, -0.05) is 49.7 Å². The smallest absolute Gasteiger partial charge is 0.246 e. The Morgan fingerprint density at radius 1 is 0.600 bits per heavy atom. The lowest BCUT2D eigenvalue weighted by Crippen LogP contribution is -2.62. The summed E-state index contributed by atoms with van der Waals surface area (Å²) in [4.78, 5) is 137. The lowest BCUT2D eigenvalue weighted by molar-refractivity contribution is -0.146. The number of nitrogens with one attached hydrogen (secondary N) is 9. The van der Waals surface area contributed by atoms with Gasteiger partial charge in [-0.25, -0.2) is 13.2 Å². The third-order valence-electron chi connectivity index (χ3n) is 17.3.